The average Bonchev–Trinajstić information content (AvgIpc) is 2.55. The monoisotopic (exact) mass is 344 g/mol. The number of hydrazone groups is 1. The van der Waals surface area contributed by atoms with E-state index in [4.69, 9.17) is 0 Å². The highest BCUT2D eigenvalue weighted by Crippen LogP contribution is 2.21. The summed E-state index contributed by atoms with van der Waals surface area (Å²) in [5.74, 6) is -0.867. The van der Waals surface area contributed by atoms with E-state index < -0.39 is 15.8 Å². The summed E-state index contributed by atoms with van der Waals surface area (Å²) in [6, 6.07) is 7.20. The highest BCUT2D eigenvalue weighted by molar-refractivity contribution is 5.95. The molecule has 2 N–H and O–H groups in total. The third kappa shape index (κ3) is 4.13. The summed E-state index contributed by atoms with van der Waals surface area (Å²) >= 11 is 0. The number of amides is 1. The number of phenols is 1. The maximum Gasteiger partial charge on any atom is 0.272 e. The van der Waals surface area contributed by atoms with E-state index in [0.29, 0.717) is 5.56 Å². The molecule has 0 aliphatic rings. The molecule has 0 radical (unpaired) electrons. The summed E-state index contributed by atoms with van der Waals surface area (Å²) < 4.78 is 0. The van der Waals surface area contributed by atoms with Gasteiger partial charge in [0.2, 0.25) is 0 Å². The van der Waals surface area contributed by atoms with Crippen LogP contribution < -0.4 is 5.43 Å². The molecule has 10 heteroatoms. The zero-order valence-electron chi connectivity index (χ0n) is 12.9. The van der Waals surface area contributed by atoms with Crippen LogP contribution in [0.1, 0.15) is 21.5 Å². The first-order valence-electron chi connectivity index (χ1n) is 6.85. The maximum absolute atomic E-state index is 12.0. The summed E-state index contributed by atoms with van der Waals surface area (Å²) in [5, 5.41) is 34.7. The number of nitro groups is 2. The number of nitrogens with zero attached hydrogens (tertiary/aromatic N) is 3. The lowest BCUT2D eigenvalue weighted by Crippen LogP contribution is -2.17. The smallest absolute Gasteiger partial charge is 0.272 e. The van der Waals surface area contributed by atoms with Crippen LogP contribution in [0.2, 0.25) is 0 Å². The van der Waals surface area contributed by atoms with Crippen LogP contribution in [-0.2, 0) is 0 Å². The number of nitro benzene ring substituents is 2. The number of aryl methyl sites for hydroxylation is 1. The molecule has 10 nitrogen and oxygen atoms in total. The van der Waals surface area contributed by atoms with Crippen molar-refractivity contribution in [2.45, 2.75) is 6.92 Å². The van der Waals surface area contributed by atoms with Gasteiger partial charge in [-0.25, -0.2) is 5.43 Å². The Labute approximate surface area is 140 Å². The fourth-order valence-electron chi connectivity index (χ4n) is 1.99. The van der Waals surface area contributed by atoms with E-state index >= 15 is 0 Å². The molecule has 0 bridgehead atoms. The highest BCUT2D eigenvalue weighted by Gasteiger charge is 2.13. The number of carbonyl (C=O) groups excluding carboxylic acids is 1. The van der Waals surface area contributed by atoms with E-state index in [9.17, 15) is 30.1 Å². The van der Waals surface area contributed by atoms with Crippen molar-refractivity contribution in [2.24, 2.45) is 5.10 Å². The Hall–Kier alpha value is -3.82. The van der Waals surface area contributed by atoms with Crippen molar-refractivity contribution < 1.29 is 19.7 Å². The van der Waals surface area contributed by atoms with Crippen molar-refractivity contribution in [1.29, 1.82) is 0 Å². The first-order valence-corrected chi connectivity index (χ1v) is 6.85. The lowest BCUT2D eigenvalue weighted by atomic mass is 10.1. The second-order valence-corrected chi connectivity index (χ2v) is 4.96. The molecule has 128 valence electrons. The third-order valence-electron chi connectivity index (χ3n) is 3.25. The van der Waals surface area contributed by atoms with Gasteiger partial charge < -0.3 is 5.11 Å². The Balaban J connectivity index is 2.13. The first-order chi connectivity index (χ1) is 11.8. The maximum atomic E-state index is 12.0. The number of rotatable bonds is 5. The van der Waals surface area contributed by atoms with Crippen molar-refractivity contribution >= 4 is 23.5 Å². The van der Waals surface area contributed by atoms with E-state index in [-0.39, 0.29) is 28.3 Å². The third-order valence-corrected chi connectivity index (χ3v) is 3.25. The number of nitrogens with one attached hydrogen (secondary N) is 1. The number of phenolic OH excluding ortho intramolecular Hbond substituents is 1. The van der Waals surface area contributed by atoms with Crippen LogP contribution in [0.4, 0.5) is 11.4 Å². The molecule has 0 unspecified atom stereocenters. The Bertz CT molecular complexity index is 894. The van der Waals surface area contributed by atoms with Gasteiger partial charge in [0.05, 0.1) is 16.1 Å². The highest BCUT2D eigenvalue weighted by atomic mass is 16.6. The Morgan fingerprint density at radius 2 is 1.88 bits per heavy atom. The molecule has 0 atom stereocenters. The van der Waals surface area contributed by atoms with E-state index in [2.05, 4.69) is 10.5 Å². The van der Waals surface area contributed by atoms with Crippen molar-refractivity contribution in [3.8, 4) is 5.75 Å². The van der Waals surface area contributed by atoms with E-state index in [1.165, 1.54) is 25.1 Å². The molecule has 0 heterocycles. The van der Waals surface area contributed by atoms with Gasteiger partial charge in [0.15, 0.2) is 0 Å². The van der Waals surface area contributed by atoms with Gasteiger partial charge in [0.1, 0.15) is 5.75 Å². The van der Waals surface area contributed by atoms with Gasteiger partial charge in [-0.2, -0.15) is 5.10 Å². The average molecular weight is 344 g/mol. The summed E-state index contributed by atoms with van der Waals surface area (Å²) in [6.07, 6.45) is 1.05. The van der Waals surface area contributed by atoms with Gasteiger partial charge in [0.25, 0.3) is 17.3 Å². The molecule has 0 saturated heterocycles. The van der Waals surface area contributed by atoms with E-state index in [0.717, 1.165) is 24.4 Å². The van der Waals surface area contributed by atoms with Gasteiger partial charge >= 0.3 is 0 Å². The van der Waals surface area contributed by atoms with Crippen molar-refractivity contribution in [1.82, 2.24) is 5.43 Å². The molecule has 0 fully saturated rings. The molecular formula is C15H12N4O6. The largest absolute Gasteiger partial charge is 0.507 e. The topological polar surface area (TPSA) is 148 Å². The van der Waals surface area contributed by atoms with Crippen LogP contribution >= 0.6 is 0 Å². The minimum absolute atomic E-state index is 0.0504. The standard InChI is InChI=1S/C15H12N4O6/c1-9-6-10(2-4-13(9)19(24)25)15(21)17-16-8-11-7-12(18(22)23)3-5-14(11)20/h2-8,20H,1H3,(H,17,21). The fourth-order valence-corrected chi connectivity index (χ4v) is 1.99. The zero-order valence-corrected chi connectivity index (χ0v) is 12.9. The SMILES string of the molecule is Cc1cc(C(=O)NN=Cc2cc([N+](=O)[O-])ccc2O)ccc1[N+](=O)[O-]. The normalized spacial score (nSPS) is 10.6. The van der Waals surface area contributed by atoms with E-state index in [1.54, 1.807) is 0 Å². The molecule has 0 aromatic heterocycles. The molecular weight excluding hydrogens is 332 g/mol. The van der Waals surface area contributed by atoms with Crippen LogP contribution in [-0.4, -0.2) is 27.1 Å². The van der Waals surface area contributed by atoms with E-state index in [1.807, 2.05) is 0 Å². The minimum atomic E-state index is -0.630. The zero-order chi connectivity index (χ0) is 18.6. The molecule has 2 aromatic carbocycles. The lowest BCUT2D eigenvalue weighted by molar-refractivity contribution is -0.385. The van der Waals surface area contributed by atoms with Crippen LogP contribution in [0.25, 0.3) is 0 Å². The van der Waals surface area contributed by atoms with Gasteiger partial charge in [-0.05, 0) is 25.1 Å². The lowest BCUT2D eigenvalue weighted by Gasteiger charge is -2.02. The number of aromatic hydroxyl groups is 1. The van der Waals surface area contributed by atoms with Crippen LogP contribution in [0, 0.1) is 27.2 Å². The van der Waals surface area contributed by atoms with Gasteiger partial charge in [0, 0.05) is 34.9 Å². The molecule has 0 aliphatic carbocycles. The molecule has 2 aromatic rings. The molecule has 2 rings (SSSR count). The number of hydrogen-bond donors (Lipinski definition) is 2. The molecule has 1 amide bonds. The quantitative estimate of drug-likeness (QED) is 0.483. The van der Waals surface area contributed by atoms with Crippen LogP contribution in [0.3, 0.4) is 0 Å². The number of benzene rings is 2. The summed E-state index contributed by atoms with van der Waals surface area (Å²) in [7, 11) is 0. The van der Waals surface area contributed by atoms with Crippen molar-refractivity contribution in [2.75, 3.05) is 0 Å². The fraction of sp³-hybridized carbons (Fsp3) is 0.0667. The summed E-state index contributed by atoms with van der Waals surface area (Å²) in [6.45, 7) is 1.50. The van der Waals surface area contributed by atoms with Gasteiger partial charge in [-0.3, -0.25) is 25.0 Å². The molecule has 25 heavy (non-hydrogen) atoms. The molecule has 0 aliphatic heterocycles. The summed E-state index contributed by atoms with van der Waals surface area (Å²) in [4.78, 5) is 32.2. The Morgan fingerprint density at radius 3 is 2.48 bits per heavy atom. The number of hydrogen-bond acceptors (Lipinski definition) is 7. The van der Waals surface area contributed by atoms with Gasteiger partial charge in [-0.1, -0.05) is 0 Å². The second kappa shape index (κ2) is 7.17. The molecule has 0 spiro atoms. The number of carbonyl (C=O) groups is 1. The predicted octanol–water partition coefficient (Wildman–Crippen LogP) is 2.28. The molecule has 0 saturated carbocycles. The predicted molar refractivity (Wildman–Crippen MR) is 87.7 cm³/mol. The van der Waals surface area contributed by atoms with Gasteiger partial charge in [-0.15, -0.1) is 0 Å². The van der Waals surface area contributed by atoms with Crippen molar-refractivity contribution in [3.63, 3.8) is 0 Å². The van der Waals surface area contributed by atoms with Crippen molar-refractivity contribution in [3.05, 3.63) is 73.3 Å². The Morgan fingerprint density at radius 1 is 1.16 bits per heavy atom. The first kappa shape index (κ1) is 17.5. The number of non-ortho nitro benzene ring substituents is 1. The minimum Gasteiger partial charge on any atom is -0.507 e. The second-order valence-electron chi connectivity index (χ2n) is 4.96. The Kier molecular flexibility index (Phi) is 5.03. The van der Waals surface area contributed by atoms with Crippen LogP contribution in [0.5, 0.6) is 5.75 Å². The summed E-state index contributed by atoms with van der Waals surface area (Å²) in [5.41, 5.74) is 2.35. The van der Waals surface area contributed by atoms with Crippen LogP contribution in [0.15, 0.2) is 41.5 Å².